The number of carbonyl (C=O) groups excluding carboxylic acids is 1. The molecule has 0 aliphatic heterocycles. The van der Waals surface area contributed by atoms with Gasteiger partial charge < -0.3 is 8.98 Å². The second kappa shape index (κ2) is 7.46. The van der Waals surface area contributed by atoms with Gasteiger partial charge in [-0.25, -0.2) is 4.98 Å². The Balaban J connectivity index is 1.47. The molecule has 0 atom stereocenters. The Morgan fingerprint density at radius 2 is 1.90 bits per heavy atom. The van der Waals surface area contributed by atoms with E-state index in [1.807, 2.05) is 16.7 Å². The molecule has 1 amide bonds. The Kier molecular flexibility index (Phi) is 4.64. The summed E-state index contributed by atoms with van der Waals surface area (Å²) in [4.78, 5) is 17.7. The lowest BCUT2D eigenvalue weighted by Gasteiger charge is -2.10. The van der Waals surface area contributed by atoms with E-state index in [2.05, 4.69) is 60.5 Å². The summed E-state index contributed by atoms with van der Waals surface area (Å²) in [6, 6.07) is 18.2. The molecule has 0 unspecified atom stereocenters. The highest BCUT2D eigenvalue weighted by molar-refractivity contribution is 7.22. The van der Waals surface area contributed by atoms with Gasteiger partial charge in [0.2, 0.25) is 0 Å². The summed E-state index contributed by atoms with van der Waals surface area (Å²) in [6.07, 6.45) is 2.62. The Hall–Kier alpha value is -3.38. The molecule has 0 saturated heterocycles. The van der Waals surface area contributed by atoms with E-state index in [9.17, 15) is 4.79 Å². The van der Waals surface area contributed by atoms with Crippen molar-refractivity contribution in [3.05, 3.63) is 83.2 Å². The van der Waals surface area contributed by atoms with Crippen LogP contribution >= 0.6 is 11.3 Å². The fourth-order valence-electron chi connectivity index (χ4n) is 3.62. The lowest BCUT2D eigenvalue weighted by atomic mass is 10.1. The molecule has 0 fully saturated rings. The molecule has 3 heterocycles. The molecule has 3 aromatic heterocycles. The minimum Gasteiger partial charge on any atom is -0.463 e. The molecule has 0 radical (unpaired) electrons. The lowest BCUT2D eigenvalue weighted by molar-refractivity contribution is 0.101. The predicted octanol–water partition coefficient (Wildman–Crippen LogP) is 6.02. The summed E-state index contributed by atoms with van der Waals surface area (Å²) >= 11 is 1.49. The van der Waals surface area contributed by atoms with Crippen molar-refractivity contribution in [2.24, 2.45) is 0 Å². The van der Waals surface area contributed by atoms with Crippen LogP contribution in [0.1, 0.15) is 34.1 Å². The van der Waals surface area contributed by atoms with Gasteiger partial charge in [-0.15, -0.1) is 0 Å². The first-order valence-electron chi connectivity index (χ1n) is 9.94. The van der Waals surface area contributed by atoms with E-state index < -0.39 is 0 Å². The number of hydrogen-bond donors (Lipinski definition) is 1. The van der Waals surface area contributed by atoms with Crippen molar-refractivity contribution in [1.82, 2.24) is 9.55 Å². The van der Waals surface area contributed by atoms with Crippen LogP contribution in [0.25, 0.3) is 21.3 Å². The molecule has 0 bridgehead atoms. The molecular formula is C24H21N3O2S. The van der Waals surface area contributed by atoms with Crippen molar-refractivity contribution in [2.75, 3.05) is 5.32 Å². The highest BCUT2D eigenvalue weighted by atomic mass is 32.1. The number of anilines is 1. The average molecular weight is 416 g/mol. The van der Waals surface area contributed by atoms with Crippen LogP contribution in [-0.2, 0) is 13.0 Å². The van der Waals surface area contributed by atoms with Crippen LogP contribution in [0.3, 0.4) is 0 Å². The number of amides is 1. The normalized spacial score (nSPS) is 11.4. The van der Waals surface area contributed by atoms with Crippen LogP contribution in [0.15, 0.2) is 65.3 Å². The summed E-state index contributed by atoms with van der Waals surface area (Å²) in [5, 5.41) is 3.58. The SMILES string of the molecule is CCc1ccc2nc(NC(=O)c3cc4occc4n3Cc3ccc(C)cc3)sc2c1. The summed E-state index contributed by atoms with van der Waals surface area (Å²) in [5.41, 5.74) is 6.65. The standard InChI is InChI=1S/C24H21N3O2S/c1-3-16-8-9-18-22(12-16)30-24(25-18)26-23(28)20-13-21-19(10-11-29-21)27(20)14-17-6-4-15(2)5-7-17/h4-13H,3,14H2,1-2H3,(H,25,26,28). The molecule has 0 spiro atoms. The van der Waals surface area contributed by atoms with Crippen molar-refractivity contribution in [3.63, 3.8) is 0 Å². The zero-order chi connectivity index (χ0) is 20.7. The highest BCUT2D eigenvalue weighted by Crippen LogP contribution is 2.28. The molecule has 30 heavy (non-hydrogen) atoms. The van der Waals surface area contributed by atoms with Crippen LogP contribution in [0.2, 0.25) is 0 Å². The molecule has 6 heteroatoms. The maximum Gasteiger partial charge on any atom is 0.274 e. The maximum atomic E-state index is 13.1. The van der Waals surface area contributed by atoms with Crippen molar-refractivity contribution >= 4 is 43.7 Å². The monoisotopic (exact) mass is 415 g/mol. The van der Waals surface area contributed by atoms with E-state index in [1.165, 1.54) is 22.5 Å². The van der Waals surface area contributed by atoms with Gasteiger partial charge in [-0.1, -0.05) is 54.2 Å². The Morgan fingerprint density at radius 1 is 1.10 bits per heavy atom. The van der Waals surface area contributed by atoms with E-state index in [0.717, 1.165) is 27.7 Å². The van der Waals surface area contributed by atoms with Crippen LogP contribution in [0.5, 0.6) is 0 Å². The van der Waals surface area contributed by atoms with Gasteiger partial charge in [0, 0.05) is 18.7 Å². The lowest BCUT2D eigenvalue weighted by Crippen LogP contribution is -2.17. The van der Waals surface area contributed by atoms with Crippen molar-refractivity contribution in [1.29, 1.82) is 0 Å². The van der Waals surface area contributed by atoms with E-state index in [0.29, 0.717) is 23.0 Å². The molecule has 0 aliphatic carbocycles. The number of thiazole rings is 1. The van der Waals surface area contributed by atoms with E-state index in [-0.39, 0.29) is 5.91 Å². The quantitative estimate of drug-likeness (QED) is 0.382. The van der Waals surface area contributed by atoms with Crippen LogP contribution in [-0.4, -0.2) is 15.5 Å². The fourth-order valence-corrected chi connectivity index (χ4v) is 4.54. The Bertz CT molecular complexity index is 1360. The second-order valence-electron chi connectivity index (χ2n) is 7.40. The third kappa shape index (κ3) is 3.39. The van der Waals surface area contributed by atoms with Gasteiger partial charge in [-0.2, -0.15) is 0 Å². The molecule has 5 aromatic rings. The first kappa shape index (κ1) is 18.6. The number of nitrogens with one attached hydrogen (secondary N) is 1. The van der Waals surface area contributed by atoms with Gasteiger partial charge in [0.25, 0.3) is 5.91 Å². The first-order valence-corrected chi connectivity index (χ1v) is 10.8. The summed E-state index contributed by atoms with van der Waals surface area (Å²) in [7, 11) is 0. The second-order valence-corrected chi connectivity index (χ2v) is 8.43. The Labute approximate surface area is 178 Å². The number of hydrogen-bond acceptors (Lipinski definition) is 4. The molecule has 150 valence electrons. The van der Waals surface area contributed by atoms with Gasteiger partial charge in [0.1, 0.15) is 5.69 Å². The van der Waals surface area contributed by atoms with Crippen LogP contribution in [0.4, 0.5) is 5.13 Å². The van der Waals surface area contributed by atoms with Gasteiger partial charge in [0.15, 0.2) is 10.7 Å². The molecule has 2 aromatic carbocycles. The van der Waals surface area contributed by atoms with Crippen LogP contribution in [0, 0.1) is 6.92 Å². The number of benzene rings is 2. The minimum absolute atomic E-state index is 0.191. The molecule has 0 aliphatic rings. The van der Waals surface area contributed by atoms with Crippen molar-refractivity contribution in [2.45, 2.75) is 26.8 Å². The summed E-state index contributed by atoms with van der Waals surface area (Å²) in [5.74, 6) is -0.191. The van der Waals surface area contributed by atoms with Crippen molar-refractivity contribution in [3.8, 4) is 0 Å². The molecular weight excluding hydrogens is 394 g/mol. The third-order valence-corrected chi connectivity index (χ3v) is 6.23. The number of carbonyl (C=O) groups is 1. The zero-order valence-corrected chi connectivity index (χ0v) is 17.6. The molecule has 5 rings (SSSR count). The fraction of sp³-hybridized carbons (Fsp3) is 0.167. The topological polar surface area (TPSA) is 60.1 Å². The largest absolute Gasteiger partial charge is 0.463 e. The number of nitrogens with zero attached hydrogens (tertiary/aromatic N) is 2. The predicted molar refractivity (Wildman–Crippen MR) is 121 cm³/mol. The molecule has 0 saturated carbocycles. The average Bonchev–Trinajstić information content (AvgIpc) is 3.44. The zero-order valence-electron chi connectivity index (χ0n) is 16.8. The number of aromatic nitrogens is 2. The van der Waals surface area contributed by atoms with Gasteiger partial charge in [-0.05, 0) is 36.6 Å². The van der Waals surface area contributed by atoms with E-state index >= 15 is 0 Å². The number of furan rings is 1. The Morgan fingerprint density at radius 3 is 2.70 bits per heavy atom. The van der Waals surface area contributed by atoms with Gasteiger partial charge in [0.05, 0.1) is 22.0 Å². The van der Waals surface area contributed by atoms with Crippen molar-refractivity contribution < 1.29 is 9.21 Å². The van der Waals surface area contributed by atoms with Gasteiger partial charge in [-0.3, -0.25) is 10.1 Å². The maximum absolute atomic E-state index is 13.1. The number of fused-ring (bicyclic) bond motifs is 2. The van der Waals surface area contributed by atoms with Crippen LogP contribution < -0.4 is 5.32 Å². The molecule has 5 nitrogen and oxygen atoms in total. The summed E-state index contributed by atoms with van der Waals surface area (Å²) < 4.78 is 8.62. The smallest absolute Gasteiger partial charge is 0.274 e. The highest BCUT2D eigenvalue weighted by Gasteiger charge is 2.19. The van der Waals surface area contributed by atoms with Gasteiger partial charge >= 0.3 is 0 Å². The summed E-state index contributed by atoms with van der Waals surface area (Å²) in [6.45, 7) is 4.78. The van der Waals surface area contributed by atoms with E-state index in [1.54, 1.807) is 12.3 Å². The number of aryl methyl sites for hydroxylation is 2. The van der Waals surface area contributed by atoms with E-state index in [4.69, 9.17) is 4.42 Å². The number of rotatable bonds is 5. The minimum atomic E-state index is -0.191. The molecule has 1 N–H and O–H groups in total. The first-order chi connectivity index (χ1) is 14.6. The third-order valence-electron chi connectivity index (χ3n) is 5.30.